The van der Waals surface area contributed by atoms with Gasteiger partial charge in [-0.3, -0.25) is 0 Å². The van der Waals surface area contributed by atoms with Crippen LogP contribution in [0.4, 0.5) is 0 Å². The summed E-state index contributed by atoms with van der Waals surface area (Å²) in [5.74, 6) is -0.553. The Morgan fingerprint density at radius 1 is 0.350 bits per heavy atom. The van der Waals surface area contributed by atoms with Gasteiger partial charge in [0.25, 0.3) is 0 Å². The van der Waals surface area contributed by atoms with Crippen LogP contribution in [0, 0.1) is 0 Å². The molecule has 0 spiro atoms. The fraction of sp³-hybridized carbons (Fsp3) is 0. The maximum absolute atomic E-state index is 11.7. The van der Waals surface area contributed by atoms with E-state index in [1.807, 2.05) is 72.8 Å². The summed E-state index contributed by atoms with van der Waals surface area (Å²) in [6.45, 7) is 0. The number of carbonyl (C=O) groups is 4. The van der Waals surface area contributed by atoms with Crippen LogP contribution in [0.2, 0.25) is 0 Å². The predicted octanol–water partition coefficient (Wildman–Crippen LogP) is -2.47. The number of nitrogens with one attached hydrogen (secondary N) is 4. The van der Waals surface area contributed by atoms with Crippen molar-refractivity contribution in [1.29, 1.82) is 0 Å². The average Bonchev–Trinajstić information content (AvgIpc) is 2.99. The molecule has 0 bridgehead atoms. The van der Waals surface area contributed by atoms with E-state index in [4.69, 9.17) is 0 Å². The van der Waals surface area contributed by atoms with Gasteiger partial charge in [0.15, 0.2) is 0 Å². The summed E-state index contributed by atoms with van der Waals surface area (Å²) >= 11 is -2.91. The molecule has 0 saturated heterocycles. The Kier molecular flexibility index (Phi) is 18.1. The second kappa shape index (κ2) is 20.4. The molecule has 4 rings (SSSR count). The number of amides is 4. The Labute approximate surface area is 278 Å². The third kappa shape index (κ3) is 12.8. The molecule has 0 fully saturated rings. The Bertz CT molecular complexity index is 1130. The molecule has 4 aromatic carbocycles. The van der Waals surface area contributed by atoms with Gasteiger partial charge in [-0.2, -0.15) is 0 Å². The molecule has 40 heavy (non-hydrogen) atoms. The standard InChI is InChI=1S/4C7H7NO.2BrH.2Zr/c4*8-7(9)6-4-2-1-3-5-6;;;;/h4*1-5H,(H2,8,9);2*1H;;/q;;;;;;2*+3/p-6. The monoisotopic (exact) mass is 818 g/mol. The van der Waals surface area contributed by atoms with Crippen LogP contribution in [0.5, 0.6) is 0 Å². The van der Waals surface area contributed by atoms with Crippen molar-refractivity contribution in [3.63, 3.8) is 0 Å². The SMILES string of the molecule is O=C([NH][Zr+][NH]C(=O)c1ccccc1)c1ccccc1.O=C([NH][Zr+][NH]C(=O)c1ccccc1)c1ccccc1.[Br-].[Br-]. The van der Waals surface area contributed by atoms with Crippen molar-refractivity contribution < 1.29 is 101 Å². The summed E-state index contributed by atoms with van der Waals surface area (Å²) in [5, 5.41) is 0. The minimum Gasteiger partial charge on any atom is -1.00 e. The van der Waals surface area contributed by atoms with Crippen LogP contribution in [0.15, 0.2) is 121 Å². The Morgan fingerprint density at radius 3 is 0.700 bits per heavy atom. The first-order chi connectivity index (χ1) is 18.5. The molecule has 0 aliphatic rings. The first-order valence-electron chi connectivity index (χ1n) is 11.5. The molecule has 0 saturated carbocycles. The van der Waals surface area contributed by atoms with Gasteiger partial charge in [-0.05, 0) is 0 Å². The van der Waals surface area contributed by atoms with Crippen LogP contribution >= 0.6 is 0 Å². The minimum absolute atomic E-state index is 0. The van der Waals surface area contributed by atoms with Gasteiger partial charge >= 0.3 is 247 Å². The van der Waals surface area contributed by atoms with E-state index in [0.29, 0.717) is 22.3 Å². The first kappa shape index (κ1) is 35.5. The second-order valence-electron chi connectivity index (χ2n) is 7.53. The first-order valence-corrected chi connectivity index (χ1v) is 16.4. The van der Waals surface area contributed by atoms with Gasteiger partial charge in [0.05, 0.1) is 0 Å². The Morgan fingerprint density at radius 2 is 0.525 bits per heavy atom. The van der Waals surface area contributed by atoms with Crippen LogP contribution in [-0.2, 0) is 47.6 Å². The summed E-state index contributed by atoms with van der Waals surface area (Å²) in [7, 11) is 0. The molecular formula is C28H24Br2N4O4Zr2. The quantitative estimate of drug-likeness (QED) is 0.158. The minimum atomic E-state index is -1.45. The van der Waals surface area contributed by atoms with E-state index in [2.05, 4.69) is 13.0 Å². The molecule has 4 aromatic rings. The predicted molar refractivity (Wildman–Crippen MR) is 136 cm³/mol. The normalized spacial score (nSPS) is 8.80. The topological polar surface area (TPSA) is 116 Å². The average molecular weight is 823 g/mol. The van der Waals surface area contributed by atoms with Gasteiger partial charge in [-0.1, -0.05) is 0 Å². The van der Waals surface area contributed by atoms with Crippen molar-refractivity contribution in [3.05, 3.63) is 144 Å². The zero-order valence-corrected chi connectivity index (χ0v) is 29.0. The van der Waals surface area contributed by atoms with E-state index in [1.54, 1.807) is 48.5 Å². The number of hydrogen-bond acceptors (Lipinski definition) is 4. The van der Waals surface area contributed by atoms with E-state index in [1.165, 1.54) is 0 Å². The molecule has 0 unspecified atom stereocenters. The second-order valence-corrected chi connectivity index (χ2v) is 11.2. The summed E-state index contributed by atoms with van der Waals surface area (Å²) in [5.41, 5.74) is 2.43. The van der Waals surface area contributed by atoms with Gasteiger partial charge in [-0.25, -0.2) is 0 Å². The van der Waals surface area contributed by atoms with Crippen molar-refractivity contribution in [1.82, 2.24) is 13.0 Å². The van der Waals surface area contributed by atoms with E-state index in [9.17, 15) is 19.2 Å². The zero-order chi connectivity index (χ0) is 27.0. The van der Waals surface area contributed by atoms with Crippen LogP contribution in [0.25, 0.3) is 0 Å². The maximum atomic E-state index is 11.7. The van der Waals surface area contributed by atoms with Gasteiger partial charge in [0.1, 0.15) is 0 Å². The third-order valence-electron chi connectivity index (χ3n) is 4.85. The molecule has 12 heteroatoms. The molecule has 8 nitrogen and oxygen atoms in total. The summed E-state index contributed by atoms with van der Waals surface area (Å²) < 4.78 is 11.2. The van der Waals surface area contributed by atoms with Gasteiger partial charge in [-0.15, -0.1) is 0 Å². The van der Waals surface area contributed by atoms with Crippen molar-refractivity contribution in [2.24, 2.45) is 0 Å². The summed E-state index contributed by atoms with van der Waals surface area (Å²) in [6, 6.07) is 35.8. The fourth-order valence-corrected chi connectivity index (χ4v) is 5.78. The van der Waals surface area contributed by atoms with E-state index < -0.39 is 47.6 Å². The molecule has 4 amide bonds. The van der Waals surface area contributed by atoms with Crippen LogP contribution < -0.4 is 47.0 Å². The van der Waals surface area contributed by atoms with Gasteiger partial charge in [0.2, 0.25) is 0 Å². The van der Waals surface area contributed by atoms with Crippen molar-refractivity contribution in [2.45, 2.75) is 0 Å². The molecule has 4 N–H and O–H groups in total. The van der Waals surface area contributed by atoms with E-state index in [-0.39, 0.29) is 57.6 Å². The van der Waals surface area contributed by atoms with Crippen LogP contribution in [0.1, 0.15) is 41.4 Å². The Balaban J connectivity index is 0.000000381. The molecular weight excluding hydrogens is 799 g/mol. The number of hydrogen-bond donors (Lipinski definition) is 4. The Hall–Kier alpha value is -2.51. The number of rotatable bonds is 8. The number of benzene rings is 4. The van der Waals surface area contributed by atoms with E-state index in [0.717, 1.165) is 0 Å². The third-order valence-corrected chi connectivity index (χ3v) is 8.31. The molecule has 0 aliphatic carbocycles. The van der Waals surface area contributed by atoms with Gasteiger partial charge in [0, 0.05) is 0 Å². The molecule has 0 heterocycles. The number of halogens is 2. The largest absolute Gasteiger partial charge is 1.00 e. The maximum Gasteiger partial charge on any atom is -1.00 e. The molecule has 202 valence electrons. The zero-order valence-electron chi connectivity index (χ0n) is 20.9. The molecule has 0 aliphatic heterocycles. The smallest absolute Gasteiger partial charge is 1.00 e. The van der Waals surface area contributed by atoms with E-state index >= 15 is 0 Å². The van der Waals surface area contributed by atoms with Gasteiger partial charge < -0.3 is 34.0 Å². The summed E-state index contributed by atoms with van der Waals surface area (Å²) in [4.78, 5) is 47.0. The van der Waals surface area contributed by atoms with Crippen LogP contribution in [0.3, 0.4) is 0 Å². The fourth-order valence-electron chi connectivity index (χ4n) is 2.94. The number of carbonyl (C=O) groups excluding carboxylic acids is 4. The van der Waals surface area contributed by atoms with Crippen LogP contribution in [-0.4, -0.2) is 23.6 Å². The molecule has 0 atom stereocenters. The van der Waals surface area contributed by atoms with Crippen molar-refractivity contribution >= 4 is 23.6 Å². The summed E-state index contributed by atoms with van der Waals surface area (Å²) in [6.07, 6.45) is 0. The molecule has 0 aromatic heterocycles. The molecule has 0 radical (unpaired) electrons. The van der Waals surface area contributed by atoms with Crippen molar-refractivity contribution in [2.75, 3.05) is 0 Å². The van der Waals surface area contributed by atoms with Crippen molar-refractivity contribution in [3.8, 4) is 0 Å².